The van der Waals surface area contributed by atoms with Crippen LogP contribution in [0.4, 0.5) is 14.5 Å². The summed E-state index contributed by atoms with van der Waals surface area (Å²) in [4.78, 5) is 27.1. The summed E-state index contributed by atoms with van der Waals surface area (Å²) in [5, 5.41) is 0.337. The molecule has 136 valence electrons. The Balaban J connectivity index is 1.73. The first-order chi connectivity index (χ1) is 12.5. The molecule has 1 aliphatic heterocycles. The minimum Gasteiger partial charge on any atom is -0.452 e. The molecule has 0 radical (unpaired) electrons. The number of halogens is 2. The maximum atomic E-state index is 13.6. The van der Waals surface area contributed by atoms with Gasteiger partial charge in [0.05, 0.1) is 5.69 Å². The van der Waals surface area contributed by atoms with Gasteiger partial charge in [-0.15, -0.1) is 11.8 Å². The number of nitrogens with zero attached hydrogens (tertiary/aromatic N) is 1. The fourth-order valence-corrected chi connectivity index (χ4v) is 3.83. The summed E-state index contributed by atoms with van der Waals surface area (Å²) >= 11 is 1.68. The van der Waals surface area contributed by atoms with E-state index in [0.717, 1.165) is 35.2 Å². The first-order valence-electron chi connectivity index (χ1n) is 8.14. The van der Waals surface area contributed by atoms with E-state index in [1.54, 1.807) is 16.7 Å². The molecule has 26 heavy (non-hydrogen) atoms. The maximum absolute atomic E-state index is 13.6. The first kappa shape index (κ1) is 18.4. The average molecular weight is 377 g/mol. The van der Waals surface area contributed by atoms with Crippen LogP contribution in [0.1, 0.15) is 23.7 Å². The number of hydrogen-bond donors (Lipinski definition) is 0. The molecule has 0 saturated carbocycles. The zero-order chi connectivity index (χ0) is 18.7. The van der Waals surface area contributed by atoms with Crippen molar-refractivity contribution in [2.24, 2.45) is 0 Å². The molecule has 4 nitrogen and oxygen atoms in total. The molecule has 0 aromatic heterocycles. The Morgan fingerprint density at radius 3 is 2.58 bits per heavy atom. The second-order valence-electron chi connectivity index (χ2n) is 5.90. The zero-order valence-corrected chi connectivity index (χ0v) is 14.9. The number of esters is 1. The van der Waals surface area contributed by atoms with Gasteiger partial charge in [-0.1, -0.05) is 25.1 Å². The van der Waals surface area contributed by atoms with Gasteiger partial charge in [0.2, 0.25) is 0 Å². The van der Waals surface area contributed by atoms with Crippen LogP contribution in [0.2, 0.25) is 0 Å². The third-order valence-electron chi connectivity index (χ3n) is 4.04. The Morgan fingerprint density at radius 1 is 1.15 bits per heavy atom. The van der Waals surface area contributed by atoms with E-state index in [1.165, 1.54) is 0 Å². The molecule has 1 aliphatic rings. The van der Waals surface area contributed by atoms with E-state index >= 15 is 0 Å². The van der Waals surface area contributed by atoms with Crippen LogP contribution in [0.15, 0.2) is 47.4 Å². The zero-order valence-electron chi connectivity index (χ0n) is 14.1. The van der Waals surface area contributed by atoms with Gasteiger partial charge in [0, 0.05) is 16.7 Å². The van der Waals surface area contributed by atoms with Gasteiger partial charge in [0.1, 0.15) is 17.2 Å². The fourth-order valence-electron chi connectivity index (χ4n) is 2.72. The topological polar surface area (TPSA) is 46.6 Å². The Labute approximate surface area is 154 Å². The smallest absolute Gasteiger partial charge is 0.344 e. The van der Waals surface area contributed by atoms with E-state index in [0.29, 0.717) is 11.8 Å². The number of benzene rings is 2. The molecule has 1 heterocycles. The molecule has 0 spiro atoms. The number of anilines is 1. The van der Waals surface area contributed by atoms with E-state index in [9.17, 15) is 18.4 Å². The van der Waals surface area contributed by atoms with Crippen molar-refractivity contribution in [1.29, 1.82) is 0 Å². The van der Waals surface area contributed by atoms with Crippen molar-refractivity contribution >= 4 is 29.3 Å². The van der Waals surface area contributed by atoms with Crippen LogP contribution >= 0.6 is 11.8 Å². The standard InChI is InChI=1S/C19H17F2NO3S/c1-12-9-10-22(15-7-2-3-8-16(15)26-12)17(23)11-25-19(24)18-13(20)5-4-6-14(18)21/h2-8,12H,9-11H2,1H3/t12-/m1/s1. The molecular formula is C19H17F2NO3S. The quantitative estimate of drug-likeness (QED) is 0.758. The predicted molar refractivity (Wildman–Crippen MR) is 95.4 cm³/mol. The summed E-state index contributed by atoms with van der Waals surface area (Å²) in [5.41, 5.74) is -0.0410. The monoisotopic (exact) mass is 377 g/mol. The van der Waals surface area contributed by atoms with Crippen molar-refractivity contribution in [3.63, 3.8) is 0 Å². The molecule has 0 unspecified atom stereocenters. The number of rotatable bonds is 3. The highest BCUT2D eigenvalue weighted by molar-refractivity contribution is 8.00. The Morgan fingerprint density at radius 2 is 1.85 bits per heavy atom. The summed E-state index contributed by atoms with van der Waals surface area (Å²) in [6.07, 6.45) is 0.779. The van der Waals surface area contributed by atoms with Gasteiger partial charge in [-0.2, -0.15) is 0 Å². The summed E-state index contributed by atoms with van der Waals surface area (Å²) < 4.78 is 32.1. The highest BCUT2D eigenvalue weighted by Gasteiger charge is 2.26. The molecule has 0 saturated heterocycles. The molecule has 2 aromatic carbocycles. The molecule has 1 amide bonds. The summed E-state index contributed by atoms with van der Waals surface area (Å²) in [6, 6.07) is 10.6. The lowest BCUT2D eigenvalue weighted by Crippen LogP contribution is -2.36. The molecule has 0 N–H and O–H groups in total. The molecule has 0 bridgehead atoms. The highest BCUT2D eigenvalue weighted by Crippen LogP contribution is 2.37. The maximum Gasteiger partial charge on any atom is 0.344 e. The van der Waals surface area contributed by atoms with E-state index in [1.807, 2.05) is 24.3 Å². The van der Waals surface area contributed by atoms with E-state index in [2.05, 4.69) is 6.92 Å². The SMILES string of the molecule is C[C@@H]1CCN(C(=O)COC(=O)c2c(F)cccc2F)c2ccccc2S1. The molecular weight excluding hydrogens is 360 g/mol. The molecule has 7 heteroatoms. The minimum absolute atomic E-state index is 0.337. The first-order valence-corrected chi connectivity index (χ1v) is 9.02. The molecule has 2 aromatic rings. The van der Waals surface area contributed by atoms with Gasteiger partial charge >= 0.3 is 5.97 Å². The predicted octanol–water partition coefficient (Wildman–Crippen LogP) is 4.04. The average Bonchev–Trinajstić information content (AvgIpc) is 2.77. The van der Waals surface area contributed by atoms with Crippen molar-refractivity contribution < 1.29 is 23.1 Å². The van der Waals surface area contributed by atoms with Gasteiger partial charge in [0.25, 0.3) is 5.91 Å². The second-order valence-corrected chi connectivity index (χ2v) is 7.38. The van der Waals surface area contributed by atoms with Crippen LogP contribution < -0.4 is 4.90 Å². The largest absolute Gasteiger partial charge is 0.452 e. The number of fused-ring (bicyclic) bond motifs is 1. The van der Waals surface area contributed by atoms with Crippen molar-refractivity contribution in [3.05, 3.63) is 59.7 Å². The fraction of sp³-hybridized carbons (Fsp3) is 0.263. The van der Waals surface area contributed by atoms with Crippen molar-refractivity contribution in [3.8, 4) is 0 Å². The third kappa shape index (κ3) is 3.88. The van der Waals surface area contributed by atoms with Gasteiger partial charge in [-0.3, -0.25) is 4.79 Å². The van der Waals surface area contributed by atoms with Crippen molar-refractivity contribution in [1.82, 2.24) is 0 Å². The lowest BCUT2D eigenvalue weighted by atomic mass is 10.2. The molecule has 1 atom stereocenters. The molecule has 0 aliphatic carbocycles. The normalized spacial score (nSPS) is 16.6. The van der Waals surface area contributed by atoms with E-state index in [4.69, 9.17) is 4.74 Å². The van der Waals surface area contributed by atoms with Crippen LogP contribution in [0.25, 0.3) is 0 Å². The van der Waals surface area contributed by atoms with Crippen LogP contribution in [-0.2, 0) is 9.53 Å². The van der Waals surface area contributed by atoms with Gasteiger partial charge < -0.3 is 9.64 Å². The Hall–Kier alpha value is -2.41. The number of carbonyl (C=O) groups is 2. The number of carbonyl (C=O) groups excluding carboxylic acids is 2. The molecule has 3 rings (SSSR count). The number of hydrogen-bond acceptors (Lipinski definition) is 4. The number of ether oxygens (including phenoxy) is 1. The van der Waals surface area contributed by atoms with Gasteiger partial charge in [0.15, 0.2) is 6.61 Å². The lowest BCUT2D eigenvalue weighted by molar-refractivity contribution is -0.121. The van der Waals surface area contributed by atoms with Crippen molar-refractivity contribution in [2.75, 3.05) is 18.1 Å². The van der Waals surface area contributed by atoms with Crippen LogP contribution in [-0.4, -0.2) is 30.3 Å². The van der Waals surface area contributed by atoms with Crippen LogP contribution in [0, 0.1) is 11.6 Å². The lowest BCUT2D eigenvalue weighted by Gasteiger charge is -2.22. The van der Waals surface area contributed by atoms with Gasteiger partial charge in [-0.25, -0.2) is 13.6 Å². The highest BCUT2D eigenvalue weighted by atomic mass is 32.2. The Bertz CT molecular complexity index is 823. The minimum atomic E-state index is -1.19. The van der Waals surface area contributed by atoms with E-state index in [-0.39, 0.29) is 0 Å². The summed E-state index contributed by atoms with van der Waals surface area (Å²) in [5.74, 6) is -3.67. The number of amides is 1. The summed E-state index contributed by atoms with van der Waals surface area (Å²) in [6.45, 7) is 1.98. The van der Waals surface area contributed by atoms with Gasteiger partial charge in [-0.05, 0) is 30.7 Å². The van der Waals surface area contributed by atoms with Crippen molar-refractivity contribution in [2.45, 2.75) is 23.5 Å². The van der Waals surface area contributed by atoms with Crippen LogP contribution in [0.5, 0.6) is 0 Å². The second kappa shape index (κ2) is 7.86. The number of thioether (sulfide) groups is 1. The number of para-hydroxylation sites is 1. The molecule has 0 fully saturated rings. The van der Waals surface area contributed by atoms with Crippen LogP contribution in [0.3, 0.4) is 0 Å². The third-order valence-corrected chi connectivity index (χ3v) is 5.28. The summed E-state index contributed by atoms with van der Waals surface area (Å²) in [7, 11) is 0. The van der Waals surface area contributed by atoms with E-state index < -0.39 is 35.7 Å². The Kier molecular flexibility index (Phi) is 5.56.